The molecule has 146 valence electrons. The lowest BCUT2D eigenvalue weighted by Gasteiger charge is -2.28. The Bertz CT molecular complexity index is 905. The summed E-state index contributed by atoms with van der Waals surface area (Å²) >= 11 is 0. The van der Waals surface area contributed by atoms with E-state index in [0.29, 0.717) is 5.56 Å². The molecule has 6 N–H and O–H groups in total. The van der Waals surface area contributed by atoms with E-state index >= 15 is 0 Å². The monoisotopic (exact) mass is 386 g/mol. The fourth-order valence-electron chi connectivity index (χ4n) is 2.92. The van der Waals surface area contributed by atoms with Gasteiger partial charge < -0.3 is 35.7 Å². The number of aromatic hydroxyl groups is 1. The number of amides is 1. The first-order valence-corrected chi connectivity index (χ1v) is 8.57. The maximum atomic E-state index is 12.5. The predicted octanol–water partition coefficient (Wildman–Crippen LogP) is 0.181. The smallest absolute Gasteiger partial charge is 0.534 e. The van der Waals surface area contributed by atoms with E-state index in [4.69, 9.17) is 15.1 Å². The number of carboxylic acids is 1. The minimum Gasteiger partial charge on any atom is -0.534 e. The number of nitrogens with one attached hydrogen (secondary N) is 1. The molecule has 10 heteroatoms. The SMILES string of the molecule is NCCOc1ccc(C(=O)N[C@H]2Cc3cccc(C(=O)O)c3OB2O)cc1O. The van der Waals surface area contributed by atoms with Crippen molar-refractivity contribution in [1.82, 2.24) is 5.32 Å². The molecular weight excluding hydrogens is 367 g/mol. The highest BCUT2D eigenvalue weighted by Gasteiger charge is 2.37. The fourth-order valence-corrected chi connectivity index (χ4v) is 2.92. The first kappa shape index (κ1) is 19.5. The van der Waals surface area contributed by atoms with Crippen LogP contribution in [-0.2, 0) is 6.42 Å². The highest BCUT2D eigenvalue weighted by molar-refractivity contribution is 6.47. The van der Waals surface area contributed by atoms with E-state index in [1.54, 1.807) is 12.1 Å². The minimum atomic E-state index is -1.42. The zero-order valence-corrected chi connectivity index (χ0v) is 14.8. The second-order valence-electron chi connectivity index (χ2n) is 6.21. The van der Waals surface area contributed by atoms with Gasteiger partial charge in [-0.3, -0.25) is 4.79 Å². The summed E-state index contributed by atoms with van der Waals surface area (Å²) in [5.41, 5.74) is 6.01. The van der Waals surface area contributed by atoms with Crippen LogP contribution < -0.4 is 20.4 Å². The average Bonchev–Trinajstić information content (AvgIpc) is 2.67. The number of rotatable bonds is 6. The molecule has 0 saturated carbocycles. The van der Waals surface area contributed by atoms with Crippen molar-refractivity contribution in [2.75, 3.05) is 13.2 Å². The summed E-state index contributed by atoms with van der Waals surface area (Å²) in [6.07, 6.45) is 0.188. The van der Waals surface area contributed by atoms with Gasteiger partial charge in [-0.2, -0.15) is 0 Å². The Morgan fingerprint density at radius 1 is 1.32 bits per heavy atom. The highest BCUT2D eigenvalue weighted by Crippen LogP contribution is 2.30. The quantitative estimate of drug-likeness (QED) is 0.441. The summed E-state index contributed by atoms with van der Waals surface area (Å²) in [4.78, 5) is 23.8. The number of aromatic carboxylic acids is 1. The summed E-state index contributed by atoms with van der Waals surface area (Å²) in [6.45, 7) is 0.509. The molecule has 1 heterocycles. The van der Waals surface area contributed by atoms with Crippen molar-refractivity contribution in [3.63, 3.8) is 0 Å². The van der Waals surface area contributed by atoms with Crippen LogP contribution in [-0.4, -0.2) is 53.3 Å². The Morgan fingerprint density at radius 3 is 2.79 bits per heavy atom. The van der Waals surface area contributed by atoms with Crippen molar-refractivity contribution < 1.29 is 34.2 Å². The van der Waals surface area contributed by atoms with E-state index < -0.39 is 24.9 Å². The molecule has 1 amide bonds. The van der Waals surface area contributed by atoms with Crippen molar-refractivity contribution in [2.45, 2.75) is 12.4 Å². The Balaban J connectivity index is 1.73. The lowest BCUT2D eigenvalue weighted by atomic mass is 9.72. The van der Waals surface area contributed by atoms with Gasteiger partial charge in [-0.1, -0.05) is 12.1 Å². The van der Waals surface area contributed by atoms with E-state index in [0.717, 1.165) is 0 Å². The van der Waals surface area contributed by atoms with Gasteiger partial charge in [0, 0.05) is 12.1 Å². The second-order valence-corrected chi connectivity index (χ2v) is 6.21. The number of phenolic OH excluding ortho intramolecular Hbond substituents is 1. The molecule has 0 bridgehead atoms. The number of hydrogen-bond donors (Lipinski definition) is 5. The normalized spacial score (nSPS) is 15.4. The standard InChI is InChI=1S/C18H19BN2O7/c20-6-7-27-14-5-4-11(8-13(14)22)17(23)21-15-9-10-2-1-3-12(18(24)25)16(10)28-19(15)26/h1-5,8,15,22,26H,6-7,9,20H2,(H,21,23)(H,24,25)/t15-/m0/s1. The average molecular weight is 386 g/mol. The number of ether oxygens (including phenoxy) is 1. The van der Waals surface area contributed by atoms with Gasteiger partial charge in [0.2, 0.25) is 0 Å². The number of phenols is 1. The topological polar surface area (TPSA) is 151 Å². The number of carbonyl (C=O) groups excluding carboxylic acids is 1. The molecule has 2 aromatic carbocycles. The molecule has 28 heavy (non-hydrogen) atoms. The number of fused-ring (bicyclic) bond motifs is 1. The molecule has 1 aliphatic heterocycles. The van der Waals surface area contributed by atoms with Crippen LogP contribution in [0.2, 0.25) is 0 Å². The third-order valence-electron chi connectivity index (χ3n) is 4.26. The molecule has 1 aliphatic rings. The molecule has 0 fully saturated rings. The molecule has 0 spiro atoms. The summed E-state index contributed by atoms with van der Waals surface area (Å²) in [7, 11) is -1.42. The zero-order valence-electron chi connectivity index (χ0n) is 14.8. The molecule has 0 saturated heterocycles. The summed E-state index contributed by atoms with van der Waals surface area (Å²) in [5.74, 6) is -2.41. The van der Waals surface area contributed by atoms with Crippen molar-refractivity contribution in [2.24, 2.45) is 5.73 Å². The van der Waals surface area contributed by atoms with Crippen LogP contribution in [0, 0.1) is 0 Å². The maximum absolute atomic E-state index is 12.5. The maximum Gasteiger partial charge on any atom is 0.547 e. The molecular formula is C18H19BN2O7. The van der Waals surface area contributed by atoms with Gasteiger partial charge in [0.1, 0.15) is 12.4 Å². The number of nitrogens with two attached hydrogens (primary N) is 1. The zero-order chi connectivity index (χ0) is 20.3. The third-order valence-corrected chi connectivity index (χ3v) is 4.26. The van der Waals surface area contributed by atoms with Crippen LogP contribution in [0.25, 0.3) is 0 Å². The van der Waals surface area contributed by atoms with Crippen molar-refractivity contribution >= 4 is 19.0 Å². The lowest BCUT2D eigenvalue weighted by Crippen LogP contribution is -2.53. The van der Waals surface area contributed by atoms with Gasteiger partial charge in [-0.25, -0.2) is 4.79 Å². The molecule has 0 aromatic heterocycles. The Labute approximate surface area is 160 Å². The molecule has 0 radical (unpaired) electrons. The number of hydrogen-bond acceptors (Lipinski definition) is 7. The van der Waals surface area contributed by atoms with Gasteiger partial charge >= 0.3 is 13.1 Å². The van der Waals surface area contributed by atoms with Crippen LogP contribution in [0.1, 0.15) is 26.3 Å². The largest absolute Gasteiger partial charge is 0.547 e. The molecule has 0 aliphatic carbocycles. The molecule has 3 rings (SSSR count). The highest BCUT2D eigenvalue weighted by atomic mass is 16.5. The Morgan fingerprint density at radius 2 is 2.11 bits per heavy atom. The van der Waals surface area contributed by atoms with Crippen molar-refractivity contribution in [3.05, 3.63) is 53.1 Å². The van der Waals surface area contributed by atoms with Crippen molar-refractivity contribution in [1.29, 1.82) is 0 Å². The van der Waals surface area contributed by atoms with Gasteiger partial charge in [-0.05, 0) is 36.2 Å². The lowest BCUT2D eigenvalue weighted by molar-refractivity contribution is 0.0693. The molecule has 0 unspecified atom stereocenters. The van der Waals surface area contributed by atoms with Gasteiger partial charge in [0.25, 0.3) is 5.91 Å². The number of para-hydroxylation sites is 1. The van der Waals surface area contributed by atoms with Crippen LogP contribution in [0.3, 0.4) is 0 Å². The predicted molar refractivity (Wildman–Crippen MR) is 99.6 cm³/mol. The van der Waals surface area contributed by atoms with Gasteiger partial charge in [0.05, 0.1) is 11.5 Å². The van der Waals surface area contributed by atoms with Gasteiger partial charge in [-0.15, -0.1) is 0 Å². The van der Waals surface area contributed by atoms with Crippen LogP contribution in [0.4, 0.5) is 0 Å². The Kier molecular flexibility index (Phi) is 5.71. The van der Waals surface area contributed by atoms with Crippen LogP contribution in [0.5, 0.6) is 17.2 Å². The minimum absolute atomic E-state index is 0.0562. The molecule has 9 nitrogen and oxygen atoms in total. The summed E-state index contributed by atoms with van der Waals surface area (Å²) in [5, 5.41) is 32.0. The van der Waals surface area contributed by atoms with E-state index in [1.807, 2.05) is 0 Å². The van der Waals surface area contributed by atoms with Gasteiger partial charge in [0.15, 0.2) is 11.5 Å². The van der Waals surface area contributed by atoms with E-state index in [2.05, 4.69) is 5.32 Å². The second kappa shape index (κ2) is 8.20. The number of carboxylic acid groups (broad SMARTS) is 1. The van der Waals surface area contributed by atoms with Crippen molar-refractivity contribution in [3.8, 4) is 17.2 Å². The van der Waals surface area contributed by atoms with Crippen LogP contribution >= 0.6 is 0 Å². The Hall–Kier alpha value is -3.24. The van der Waals surface area contributed by atoms with E-state index in [1.165, 1.54) is 24.3 Å². The van der Waals surface area contributed by atoms with E-state index in [-0.39, 0.29) is 47.9 Å². The first-order chi connectivity index (χ1) is 13.4. The van der Waals surface area contributed by atoms with E-state index in [9.17, 15) is 24.8 Å². The van der Waals surface area contributed by atoms with Crippen LogP contribution in [0.15, 0.2) is 36.4 Å². The number of benzene rings is 2. The fraction of sp³-hybridized carbons (Fsp3) is 0.222. The third kappa shape index (κ3) is 4.02. The molecule has 2 aromatic rings. The molecule has 1 atom stereocenters. The first-order valence-electron chi connectivity index (χ1n) is 8.57. The number of carbonyl (C=O) groups is 2. The summed E-state index contributed by atoms with van der Waals surface area (Å²) < 4.78 is 10.6. The summed E-state index contributed by atoms with van der Waals surface area (Å²) in [6, 6.07) is 8.77.